The van der Waals surface area contributed by atoms with Crippen molar-refractivity contribution in [3.05, 3.63) is 58.7 Å². The number of carbonyl (C=O) groups is 1. The van der Waals surface area contributed by atoms with E-state index in [2.05, 4.69) is 32.9 Å². The summed E-state index contributed by atoms with van der Waals surface area (Å²) < 4.78 is 11.7. The lowest BCUT2D eigenvalue weighted by molar-refractivity contribution is 0.0693. The minimum absolute atomic E-state index is 0.0863. The Kier molecular flexibility index (Phi) is 10.7. The molecule has 0 heterocycles. The van der Waals surface area contributed by atoms with Crippen molar-refractivity contribution in [2.24, 2.45) is 0 Å². The number of carboxylic acids is 1. The third-order valence-corrected chi connectivity index (χ3v) is 6.53. The van der Waals surface area contributed by atoms with E-state index in [9.17, 15) is 24.3 Å². The van der Waals surface area contributed by atoms with Gasteiger partial charge in [0.1, 0.15) is 0 Å². The van der Waals surface area contributed by atoms with Crippen LogP contribution in [0.25, 0.3) is 0 Å². The van der Waals surface area contributed by atoms with Crippen LogP contribution < -0.4 is 5.30 Å². The quantitative estimate of drug-likeness (QED) is 0.233. The average molecular weight is 439 g/mol. The van der Waals surface area contributed by atoms with Gasteiger partial charge >= 0.3 is 13.6 Å². The molecule has 0 saturated carbocycles. The molecular formula is C22H31O5PS. The fourth-order valence-electron chi connectivity index (χ4n) is 2.68. The van der Waals surface area contributed by atoms with Gasteiger partial charge in [-0.25, -0.2) is 4.79 Å². The monoisotopic (exact) mass is 438 g/mol. The van der Waals surface area contributed by atoms with Gasteiger partial charge in [-0.1, -0.05) is 41.0 Å². The maximum Gasteiger partial charge on any atom is 0.357 e. The van der Waals surface area contributed by atoms with E-state index in [4.69, 9.17) is 0 Å². The number of hydrogen-bond donors (Lipinski definition) is 3. The zero-order valence-electron chi connectivity index (χ0n) is 17.5. The number of carboxylic acid groups (broad SMARTS) is 1. The number of benzene rings is 1. The molecule has 1 aromatic carbocycles. The van der Waals surface area contributed by atoms with Crippen LogP contribution in [0.1, 0.15) is 63.7 Å². The third-order valence-electron chi connectivity index (χ3n) is 4.32. The van der Waals surface area contributed by atoms with Crippen LogP contribution in [0.2, 0.25) is 0 Å². The summed E-state index contributed by atoms with van der Waals surface area (Å²) in [6.07, 6.45) is 10.4. The molecule has 3 N–H and O–H groups in total. The molecule has 160 valence electrons. The van der Waals surface area contributed by atoms with Gasteiger partial charge in [0.25, 0.3) is 0 Å². The normalized spacial score (nSPS) is 12.8. The van der Waals surface area contributed by atoms with Gasteiger partial charge in [-0.2, -0.15) is 0 Å². The van der Waals surface area contributed by atoms with Crippen LogP contribution in [0.15, 0.2) is 58.0 Å². The minimum atomic E-state index is -4.55. The lowest BCUT2D eigenvalue weighted by Gasteiger charge is -2.12. The van der Waals surface area contributed by atoms with Crippen LogP contribution in [0.5, 0.6) is 0 Å². The number of thioether (sulfide) groups is 1. The average Bonchev–Trinajstić information content (AvgIpc) is 2.60. The molecule has 0 unspecified atom stereocenters. The van der Waals surface area contributed by atoms with Crippen LogP contribution in [-0.4, -0.2) is 26.6 Å². The first kappa shape index (κ1) is 25.4. The van der Waals surface area contributed by atoms with Crippen LogP contribution in [-0.2, 0) is 4.57 Å². The Bertz CT molecular complexity index is 845. The van der Waals surface area contributed by atoms with Gasteiger partial charge in [0.05, 0.1) is 10.9 Å². The van der Waals surface area contributed by atoms with E-state index in [-0.39, 0.29) is 15.8 Å². The number of rotatable bonds is 11. The van der Waals surface area contributed by atoms with Gasteiger partial charge in [-0.05, 0) is 65.5 Å². The smallest absolute Gasteiger partial charge is 0.357 e. The van der Waals surface area contributed by atoms with Crippen molar-refractivity contribution in [2.45, 2.75) is 58.3 Å². The van der Waals surface area contributed by atoms with Gasteiger partial charge in [-0.15, -0.1) is 11.8 Å². The molecule has 0 amide bonds. The van der Waals surface area contributed by atoms with Crippen LogP contribution in [0.4, 0.5) is 0 Å². The molecule has 0 aliphatic heterocycles. The Hall–Kier alpha value is -1.59. The van der Waals surface area contributed by atoms with Crippen LogP contribution in [0.3, 0.4) is 0 Å². The van der Waals surface area contributed by atoms with E-state index < -0.39 is 13.6 Å². The molecule has 0 radical (unpaired) electrons. The Morgan fingerprint density at radius 1 is 1.00 bits per heavy atom. The second-order valence-electron chi connectivity index (χ2n) is 7.27. The Morgan fingerprint density at radius 3 is 2.14 bits per heavy atom. The highest BCUT2D eigenvalue weighted by Crippen LogP contribution is 2.39. The SMILES string of the molecule is CC(C)=CCCC(C)=CCCC(C)=CCSc1c(C(=O)O)cccc1P(=O)(O)O. The predicted molar refractivity (Wildman–Crippen MR) is 121 cm³/mol. The van der Waals surface area contributed by atoms with E-state index >= 15 is 0 Å². The molecule has 0 aromatic heterocycles. The molecule has 0 saturated heterocycles. The molecule has 0 fully saturated rings. The van der Waals surface area contributed by atoms with Gasteiger partial charge < -0.3 is 14.9 Å². The van der Waals surface area contributed by atoms with E-state index in [1.165, 1.54) is 29.3 Å². The molecule has 0 aliphatic carbocycles. The van der Waals surface area contributed by atoms with Crippen molar-refractivity contribution in [2.75, 3.05) is 5.75 Å². The summed E-state index contributed by atoms with van der Waals surface area (Å²) in [6.45, 7) is 8.35. The molecule has 1 aromatic rings. The van der Waals surface area contributed by atoms with E-state index in [0.717, 1.165) is 43.0 Å². The van der Waals surface area contributed by atoms with Crippen LogP contribution >= 0.6 is 19.4 Å². The number of allylic oxidation sites excluding steroid dienone is 5. The maximum absolute atomic E-state index is 11.7. The van der Waals surface area contributed by atoms with Gasteiger partial charge in [0, 0.05) is 10.6 Å². The van der Waals surface area contributed by atoms with Crippen molar-refractivity contribution >= 4 is 30.6 Å². The Balaban J connectivity index is 2.70. The number of aromatic carboxylic acids is 1. The molecule has 5 nitrogen and oxygen atoms in total. The first-order valence-electron chi connectivity index (χ1n) is 9.52. The molecule has 0 aliphatic rings. The maximum atomic E-state index is 11.7. The van der Waals surface area contributed by atoms with E-state index in [1.807, 2.05) is 13.0 Å². The highest BCUT2D eigenvalue weighted by atomic mass is 32.2. The summed E-state index contributed by atoms with van der Waals surface area (Å²) >= 11 is 1.14. The zero-order valence-corrected chi connectivity index (χ0v) is 19.2. The molecule has 1 rings (SSSR count). The fourth-order valence-corrected chi connectivity index (χ4v) is 4.96. The first-order chi connectivity index (χ1) is 13.5. The largest absolute Gasteiger partial charge is 0.478 e. The summed E-state index contributed by atoms with van der Waals surface area (Å²) in [5, 5.41) is 9.10. The molecule has 0 atom stereocenters. The summed E-state index contributed by atoms with van der Waals surface area (Å²) in [5.74, 6) is -0.746. The summed E-state index contributed by atoms with van der Waals surface area (Å²) in [4.78, 5) is 30.6. The standard InChI is InChI=1S/C22H31O5PS/c1-16(2)8-5-9-17(3)10-6-11-18(4)14-15-29-21-19(22(23)24)12-7-13-20(21)28(25,26)27/h7-8,10,12-14H,5-6,9,11,15H2,1-4H3,(H,23,24)(H2,25,26,27). The number of hydrogen-bond acceptors (Lipinski definition) is 3. The summed E-state index contributed by atoms with van der Waals surface area (Å²) in [6, 6.07) is 4.01. The van der Waals surface area contributed by atoms with Crippen molar-refractivity contribution < 1.29 is 24.3 Å². The van der Waals surface area contributed by atoms with Crippen LogP contribution in [0, 0.1) is 0 Å². The molecule has 0 bridgehead atoms. The minimum Gasteiger partial charge on any atom is -0.478 e. The second kappa shape index (κ2) is 12.2. The Labute approximate surface area is 177 Å². The van der Waals surface area contributed by atoms with Crippen molar-refractivity contribution in [1.82, 2.24) is 0 Å². The lowest BCUT2D eigenvalue weighted by atomic mass is 10.1. The molecule has 0 spiro atoms. The topological polar surface area (TPSA) is 94.8 Å². The van der Waals surface area contributed by atoms with Crippen molar-refractivity contribution in [3.63, 3.8) is 0 Å². The molecular weight excluding hydrogens is 407 g/mol. The molecule has 7 heteroatoms. The molecule has 29 heavy (non-hydrogen) atoms. The lowest BCUT2D eigenvalue weighted by Crippen LogP contribution is -2.13. The summed E-state index contributed by atoms with van der Waals surface area (Å²) in [7, 11) is -4.55. The van der Waals surface area contributed by atoms with Crippen molar-refractivity contribution in [1.29, 1.82) is 0 Å². The second-order valence-corrected chi connectivity index (χ2v) is 9.87. The van der Waals surface area contributed by atoms with Crippen molar-refractivity contribution in [3.8, 4) is 0 Å². The predicted octanol–water partition coefficient (Wildman–Crippen LogP) is 5.70. The van der Waals surface area contributed by atoms with Gasteiger partial charge in [0.15, 0.2) is 0 Å². The summed E-state index contributed by atoms with van der Waals surface area (Å²) in [5.41, 5.74) is 3.78. The van der Waals surface area contributed by atoms with E-state index in [1.54, 1.807) is 0 Å². The highest BCUT2D eigenvalue weighted by molar-refractivity contribution is 8.00. The van der Waals surface area contributed by atoms with Gasteiger partial charge in [0.2, 0.25) is 0 Å². The van der Waals surface area contributed by atoms with Gasteiger partial charge in [-0.3, -0.25) is 4.57 Å². The first-order valence-corrected chi connectivity index (χ1v) is 12.1. The zero-order chi connectivity index (χ0) is 22.0. The Morgan fingerprint density at radius 2 is 1.59 bits per heavy atom. The third kappa shape index (κ3) is 9.64. The van der Waals surface area contributed by atoms with E-state index in [0.29, 0.717) is 5.75 Å². The highest BCUT2D eigenvalue weighted by Gasteiger charge is 2.25. The fraction of sp³-hybridized carbons (Fsp3) is 0.409.